The van der Waals surface area contributed by atoms with E-state index >= 15 is 0 Å². The number of hydrogen-bond acceptors (Lipinski definition) is 2. The van der Waals surface area contributed by atoms with Crippen LogP contribution in [0.3, 0.4) is 0 Å². The lowest BCUT2D eigenvalue weighted by molar-refractivity contribution is 0.630. The fraction of sp³-hybridized carbons (Fsp3) is 0.353. The van der Waals surface area contributed by atoms with Crippen molar-refractivity contribution in [3.63, 3.8) is 0 Å². The summed E-state index contributed by atoms with van der Waals surface area (Å²) in [5.41, 5.74) is 4.06. The van der Waals surface area contributed by atoms with E-state index in [1.54, 1.807) is 5.57 Å². The zero-order valence-electron chi connectivity index (χ0n) is 11.4. The first-order valence-electron chi connectivity index (χ1n) is 7.35. The summed E-state index contributed by atoms with van der Waals surface area (Å²) >= 11 is 2.18. The molecule has 4 rings (SSSR count). The van der Waals surface area contributed by atoms with Crippen LogP contribution in [0.5, 0.6) is 0 Å². The highest BCUT2D eigenvalue weighted by atomic mass is 32.2. The van der Waals surface area contributed by atoms with E-state index < -0.39 is 0 Å². The van der Waals surface area contributed by atoms with Crippen molar-refractivity contribution < 1.29 is 0 Å². The van der Waals surface area contributed by atoms with Crippen molar-refractivity contribution in [2.45, 2.75) is 36.2 Å². The summed E-state index contributed by atoms with van der Waals surface area (Å²) in [5, 5.41) is 5.87. The molecule has 20 heavy (non-hydrogen) atoms. The number of hydrogen-bond donors (Lipinski definition) is 0. The molecular formula is C17H18N2S. The Morgan fingerprint density at radius 2 is 2.05 bits per heavy atom. The molecule has 2 atom stereocenters. The van der Waals surface area contributed by atoms with E-state index in [9.17, 15) is 0 Å². The molecule has 1 aromatic heterocycles. The average Bonchev–Trinajstić information content (AvgIpc) is 3.01. The average molecular weight is 282 g/mol. The van der Waals surface area contributed by atoms with Crippen molar-refractivity contribution >= 4 is 17.3 Å². The lowest BCUT2D eigenvalue weighted by atomic mass is 9.93. The molecule has 0 amide bonds. The minimum atomic E-state index is 0.753. The first-order chi connectivity index (χ1) is 9.88. The number of aromatic nitrogens is 2. The minimum absolute atomic E-state index is 0.753. The van der Waals surface area contributed by atoms with Crippen LogP contribution in [-0.4, -0.2) is 20.3 Å². The van der Waals surface area contributed by atoms with Gasteiger partial charge in [-0.25, -0.2) is 4.68 Å². The van der Waals surface area contributed by atoms with E-state index in [0.717, 1.165) is 16.2 Å². The van der Waals surface area contributed by atoms with Gasteiger partial charge in [0, 0.05) is 22.9 Å². The Morgan fingerprint density at radius 3 is 2.80 bits per heavy atom. The second-order valence-corrected chi connectivity index (χ2v) is 7.17. The van der Waals surface area contributed by atoms with Crippen molar-refractivity contribution in [1.29, 1.82) is 0 Å². The molecule has 2 aliphatic rings. The first kappa shape index (κ1) is 12.3. The maximum Gasteiger partial charge on any atom is 0.0645 e. The molecule has 2 aliphatic heterocycles. The summed E-state index contributed by atoms with van der Waals surface area (Å²) in [7, 11) is 0. The van der Waals surface area contributed by atoms with Crippen molar-refractivity contribution in [2.75, 3.05) is 0 Å². The number of rotatable bonds is 2. The van der Waals surface area contributed by atoms with Gasteiger partial charge < -0.3 is 0 Å². The summed E-state index contributed by atoms with van der Waals surface area (Å²) in [6, 6.07) is 10.8. The highest BCUT2D eigenvalue weighted by Crippen LogP contribution is 2.43. The largest absolute Gasteiger partial charge is 0.241 e. The molecule has 3 heterocycles. The number of benzene rings is 1. The molecule has 1 aromatic carbocycles. The summed E-state index contributed by atoms with van der Waals surface area (Å²) in [4.78, 5) is 0. The second-order valence-electron chi connectivity index (χ2n) is 5.62. The van der Waals surface area contributed by atoms with Gasteiger partial charge in [0.15, 0.2) is 0 Å². The van der Waals surface area contributed by atoms with Gasteiger partial charge in [0.1, 0.15) is 0 Å². The topological polar surface area (TPSA) is 17.8 Å². The highest BCUT2D eigenvalue weighted by molar-refractivity contribution is 8.00. The molecular weight excluding hydrogens is 264 g/mol. The predicted octanol–water partition coefficient (Wildman–Crippen LogP) is 4.31. The molecule has 0 spiro atoms. The predicted molar refractivity (Wildman–Crippen MR) is 85.2 cm³/mol. The van der Waals surface area contributed by atoms with Crippen LogP contribution in [0.4, 0.5) is 0 Å². The molecule has 0 aliphatic carbocycles. The molecule has 2 aromatic rings. The SMILES string of the molecule is C1=C(c2ccc(-n3cccn3)cc2)CC2CCCC1S2. The lowest BCUT2D eigenvalue weighted by Crippen LogP contribution is -2.21. The Bertz CT molecular complexity index is 613. The molecule has 2 unspecified atom stereocenters. The van der Waals surface area contributed by atoms with Gasteiger partial charge in [0.05, 0.1) is 5.69 Å². The summed E-state index contributed by atoms with van der Waals surface area (Å²) < 4.78 is 1.91. The molecule has 1 fully saturated rings. The van der Waals surface area contributed by atoms with Gasteiger partial charge in [-0.05, 0) is 48.6 Å². The van der Waals surface area contributed by atoms with E-state index in [1.807, 2.05) is 23.1 Å². The van der Waals surface area contributed by atoms with Crippen molar-refractivity contribution in [1.82, 2.24) is 9.78 Å². The van der Waals surface area contributed by atoms with E-state index in [0.29, 0.717) is 0 Å². The number of fused-ring (bicyclic) bond motifs is 2. The zero-order chi connectivity index (χ0) is 13.4. The first-order valence-corrected chi connectivity index (χ1v) is 8.29. The Balaban J connectivity index is 1.61. The van der Waals surface area contributed by atoms with E-state index in [1.165, 1.54) is 31.2 Å². The van der Waals surface area contributed by atoms with Crippen molar-refractivity contribution in [2.24, 2.45) is 0 Å². The standard InChI is InChI=1S/C17H18N2S/c1-3-16-11-14(12-17(4-1)20-16)13-5-7-15(8-6-13)19-10-2-9-18-19/h2,5-11,16-17H,1,3-4,12H2. The zero-order valence-corrected chi connectivity index (χ0v) is 12.2. The van der Waals surface area contributed by atoms with Gasteiger partial charge in [-0.1, -0.05) is 24.6 Å². The molecule has 102 valence electrons. The maximum atomic E-state index is 4.27. The van der Waals surface area contributed by atoms with E-state index in [2.05, 4.69) is 47.2 Å². The fourth-order valence-corrected chi connectivity index (χ4v) is 4.82. The highest BCUT2D eigenvalue weighted by Gasteiger charge is 2.27. The molecule has 0 radical (unpaired) electrons. The molecule has 0 N–H and O–H groups in total. The number of thioether (sulfide) groups is 1. The molecule has 2 nitrogen and oxygen atoms in total. The Labute approximate surface area is 123 Å². The maximum absolute atomic E-state index is 4.27. The molecule has 0 saturated carbocycles. The summed E-state index contributed by atoms with van der Waals surface area (Å²) in [6.07, 6.45) is 11.7. The molecule has 2 bridgehead atoms. The van der Waals surface area contributed by atoms with Crippen LogP contribution >= 0.6 is 11.8 Å². The van der Waals surface area contributed by atoms with Gasteiger partial charge in [0.2, 0.25) is 0 Å². The molecule has 3 heteroatoms. The quantitative estimate of drug-likeness (QED) is 0.816. The monoisotopic (exact) mass is 282 g/mol. The van der Waals surface area contributed by atoms with Crippen LogP contribution in [-0.2, 0) is 0 Å². The number of allylic oxidation sites excluding steroid dienone is 1. The van der Waals surface area contributed by atoms with Crippen LogP contribution in [0.2, 0.25) is 0 Å². The van der Waals surface area contributed by atoms with E-state index in [-0.39, 0.29) is 0 Å². The van der Waals surface area contributed by atoms with Gasteiger partial charge in [0.25, 0.3) is 0 Å². The van der Waals surface area contributed by atoms with Gasteiger partial charge >= 0.3 is 0 Å². The van der Waals surface area contributed by atoms with Gasteiger partial charge in [-0.2, -0.15) is 16.9 Å². The fourth-order valence-electron chi connectivity index (χ4n) is 3.20. The van der Waals surface area contributed by atoms with Crippen LogP contribution in [0.25, 0.3) is 11.3 Å². The lowest BCUT2D eigenvalue weighted by Gasteiger charge is -2.33. The molecule has 1 saturated heterocycles. The van der Waals surface area contributed by atoms with Crippen molar-refractivity contribution in [3.8, 4) is 5.69 Å². The third-order valence-electron chi connectivity index (χ3n) is 4.22. The summed E-state index contributed by atoms with van der Waals surface area (Å²) in [5.74, 6) is 0. The van der Waals surface area contributed by atoms with Crippen LogP contribution in [0.15, 0.2) is 48.8 Å². The van der Waals surface area contributed by atoms with Crippen molar-refractivity contribution in [3.05, 3.63) is 54.4 Å². The van der Waals surface area contributed by atoms with Gasteiger partial charge in [-0.3, -0.25) is 0 Å². The third kappa shape index (κ3) is 2.31. The van der Waals surface area contributed by atoms with Crippen LogP contribution < -0.4 is 0 Å². The van der Waals surface area contributed by atoms with Crippen LogP contribution in [0, 0.1) is 0 Å². The number of nitrogens with zero attached hydrogens (tertiary/aromatic N) is 2. The third-order valence-corrected chi connectivity index (χ3v) is 5.73. The van der Waals surface area contributed by atoms with Gasteiger partial charge in [-0.15, -0.1) is 0 Å². The normalized spacial score (nSPS) is 25.3. The van der Waals surface area contributed by atoms with Crippen LogP contribution in [0.1, 0.15) is 31.2 Å². The Kier molecular flexibility index (Phi) is 3.15. The second kappa shape index (κ2) is 5.13. The Hall–Kier alpha value is -1.48. The summed E-state index contributed by atoms with van der Waals surface area (Å²) in [6.45, 7) is 0. The van der Waals surface area contributed by atoms with E-state index in [4.69, 9.17) is 0 Å². The minimum Gasteiger partial charge on any atom is -0.241 e. The smallest absolute Gasteiger partial charge is 0.0645 e. The Morgan fingerprint density at radius 1 is 1.15 bits per heavy atom.